The van der Waals surface area contributed by atoms with E-state index in [1.54, 1.807) is 0 Å². The van der Waals surface area contributed by atoms with Gasteiger partial charge in [-0.2, -0.15) is 0 Å². The molecule has 2 aliphatic carbocycles. The van der Waals surface area contributed by atoms with Gasteiger partial charge in [0.15, 0.2) is 0 Å². The van der Waals surface area contributed by atoms with E-state index in [9.17, 15) is 13.2 Å². The lowest BCUT2D eigenvalue weighted by molar-refractivity contribution is 0.0330. The summed E-state index contributed by atoms with van der Waals surface area (Å²) in [5.41, 5.74) is 5.87. The van der Waals surface area contributed by atoms with Crippen LogP contribution >= 0.6 is 0 Å². The van der Waals surface area contributed by atoms with E-state index in [0.29, 0.717) is 19.8 Å². The van der Waals surface area contributed by atoms with Crippen molar-refractivity contribution < 1.29 is 17.9 Å². The number of benzene rings is 1. The number of ether oxygens (including phenoxy) is 1. The number of aryl methyl sites for hydroxylation is 2. The molecule has 1 saturated heterocycles. The van der Waals surface area contributed by atoms with E-state index in [-0.39, 0.29) is 11.7 Å². The monoisotopic (exact) mass is 421 g/mol. The molecular formula is C21H31N3O4S. The molecule has 1 aromatic carbocycles. The first-order valence-electron chi connectivity index (χ1n) is 10.7. The zero-order valence-electron chi connectivity index (χ0n) is 17.1. The van der Waals surface area contributed by atoms with Gasteiger partial charge in [0.2, 0.25) is 10.0 Å². The highest BCUT2D eigenvalue weighted by Gasteiger charge is 2.26. The number of urea groups is 1. The summed E-state index contributed by atoms with van der Waals surface area (Å²) in [6.45, 7) is 5.61. The Kier molecular flexibility index (Phi) is 6.13. The number of morpholine rings is 1. The van der Waals surface area contributed by atoms with Gasteiger partial charge in [0.1, 0.15) is 0 Å². The smallest absolute Gasteiger partial charge is 0.332 e. The number of carbonyl (C=O) groups is 1. The zero-order chi connectivity index (χ0) is 20.4. The maximum atomic E-state index is 12.6. The Morgan fingerprint density at radius 1 is 1.10 bits per heavy atom. The normalized spacial score (nSPS) is 20.2. The van der Waals surface area contributed by atoms with Gasteiger partial charge in [-0.25, -0.2) is 17.9 Å². The number of anilines is 1. The number of fused-ring (bicyclic) bond motifs is 2. The van der Waals surface area contributed by atoms with Crippen LogP contribution in [0.15, 0.2) is 6.07 Å². The minimum Gasteiger partial charge on any atom is -0.379 e. The number of rotatable bonds is 6. The molecule has 29 heavy (non-hydrogen) atoms. The number of hydrogen-bond acceptors (Lipinski definition) is 5. The van der Waals surface area contributed by atoms with Crippen LogP contribution in [0.4, 0.5) is 10.5 Å². The highest BCUT2D eigenvalue weighted by Crippen LogP contribution is 2.38. The van der Waals surface area contributed by atoms with Gasteiger partial charge in [0, 0.05) is 25.3 Å². The molecule has 0 radical (unpaired) electrons. The number of nitrogens with one attached hydrogen (secondary N) is 2. The molecule has 0 aromatic heterocycles. The second-order valence-electron chi connectivity index (χ2n) is 8.59. The van der Waals surface area contributed by atoms with Crippen molar-refractivity contribution >= 4 is 21.7 Å². The number of hydrogen-bond donors (Lipinski definition) is 2. The van der Waals surface area contributed by atoms with Crippen molar-refractivity contribution in [2.45, 2.75) is 45.4 Å². The van der Waals surface area contributed by atoms with Crippen molar-refractivity contribution in [2.75, 3.05) is 43.9 Å². The fourth-order valence-corrected chi connectivity index (χ4v) is 6.21. The van der Waals surface area contributed by atoms with Gasteiger partial charge in [-0.05, 0) is 66.7 Å². The molecule has 8 heteroatoms. The Bertz CT molecular complexity index is 846. The molecule has 0 bridgehead atoms. The van der Waals surface area contributed by atoms with Crippen LogP contribution in [-0.4, -0.2) is 57.9 Å². The maximum Gasteiger partial charge on any atom is 0.332 e. The van der Waals surface area contributed by atoms with Gasteiger partial charge in [0.05, 0.1) is 19.0 Å². The summed E-state index contributed by atoms with van der Waals surface area (Å²) in [6, 6.07) is 1.65. The van der Waals surface area contributed by atoms with E-state index in [0.717, 1.165) is 57.3 Å². The van der Waals surface area contributed by atoms with Crippen molar-refractivity contribution in [2.24, 2.45) is 5.92 Å². The van der Waals surface area contributed by atoms with Crippen LogP contribution < -0.4 is 10.0 Å². The van der Waals surface area contributed by atoms with E-state index in [1.807, 2.05) is 6.92 Å². The summed E-state index contributed by atoms with van der Waals surface area (Å²) in [5.74, 6) is -0.133. The van der Waals surface area contributed by atoms with Gasteiger partial charge < -0.3 is 10.1 Å². The lowest BCUT2D eigenvalue weighted by Crippen LogP contribution is -2.42. The zero-order valence-corrected chi connectivity index (χ0v) is 17.9. The quantitative estimate of drug-likeness (QED) is 0.734. The molecule has 2 N–H and O–H groups in total. The number of sulfonamides is 1. The summed E-state index contributed by atoms with van der Waals surface area (Å²) in [6.07, 6.45) is 6.15. The third kappa shape index (κ3) is 4.92. The lowest BCUT2D eigenvalue weighted by Gasteiger charge is -2.29. The third-order valence-corrected chi connectivity index (χ3v) is 7.64. The highest BCUT2D eigenvalue weighted by molar-refractivity contribution is 7.90. The van der Waals surface area contributed by atoms with E-state index < -0.39 is 16.1 Å². The summed E-state index contributed by atoms with van der Waals surface area (Å²) in [5, 5.41) is 2.90. The first kappa shape index (κ1) is 20.6. The summed E-state index contributed by atoms with van der Waals surface area (Å²) in [7, 11) is -3.70. The van der Waals surface area contributed by atoms with Crippen molar-refractivity contribution in [1.29, 1.82) is 0 Å². The first-order valence-corrected chi connectivity index (χ1v) is 12.3. The molecule has 1 aromatic rings. The van der Waals surface area contributed by atoms with Crippen LogP contribution in [0.3, 0.4) is 0 Å². The van der Waals surface area contributed by atoms with Gasteiger partial charge in [-0.15, -0.1) is 0 Å². The minimum absolute atomic E-state index is 0.0661. The number of carbonyl (C=O) groups excluding carboxylic acids is 1. The minimum atomic E-state index is -3.70. The molecule has 160 valence electrons. The molecule has 4 rings (SSSR count). The maximum absolute atomic E-state index is 12.6. The molecule has 0 saturated carbocycles. The Hall–Kier alpha value is -1.64. The van der Waals surface area contributed by atoms with Gasteiger partial charge >= 0.3 is 6.03 Å². The van der Waals surface area contributed by atoms with Crippen molar-refractivity contribution in [3.63, 3.8) is 0 Å². The van der Waals surface area contributed by atoms with Gasteiger partial charge in [-0.1, -0.05) is 13.0 Å². The van der Waals surface area contributed by atoms with Crippen LogP contribution in [0.1, 0.15) is 42.0 Å². The molecule has 3 aliphatic rings. The lowest BCUT2D eigenvalue weighted by atomic mass is 9.99. The molecule has 1 unspecified atom stereocenters. The average molecular weight is 422 g/mol. The second kappa shape index (κ2) is 8.62. The first-order chi connectivity index (χ1) is 13.9. The second-order valence-corrected chi connectivity index (χ2v) is 10.4. The largest absolute Gasteiger partial charge is 0.379 e. The topological polar surface area (TPSA) is 87.7 Å². The predicted molar refractivity (Wildman–Crippen MR) is 113 cm³/mol. The Balaban J connectivity index is 1.38. The van der Waals surface area contributed by atoms with E-state index in [4.69, 9.17) is 4.74 Å². The standard InChI is InChI=1S/C21H31N3O4S/c1-15(13-24-8-10-28-11-9-24)14-29(26,27)23-21(25)22-20-18-6-2-4-16(18)12-17-5-3-7-19(17)20/h12,15H,2-11,13-14H2,1H3,(H2,22,23,25). The van der Waals surface area contributed by atoms with Gasteiger partial charge in [0.25, 0.3) is 0 Å². The Labute approximate surface area is 173 Å². The highest BCUT2D eigenvalue weighted by atomic mass is 32.2. The molecule has 1 fully saturated rings. The molecule has 1 aliphatic heterocycles. The average Bonchev–Trinajstić information content (AvgIpc) is 3.30. The van der Waals surface area contributed by atoms with Crippen LogP contribution in [0.2, 0.25) is 0 Å². The van der Waals surface area contributed by atoms with Crippen LogP contribution in [0.5, 0.6) is 0 Å². The summed E-state index contributed by atoms with van der Waals surface area (Å²) < 4.78 is 32.6. The van der Waals surface area contributed by atoms with Crippen molar-refractivity contribution in [3.8, 4) is 0 Å². The van der Waals surface area contributed by atoms with E-state index in [1.165, 1.54) is 22.3 Å². The molecule has 7 nitrogen and oxygen atoms in total. The van der Waals surface area contributed by atoms with Crippen LogP contribution in [0, 0.1) is 5.92 Å². The van der Waals surface area contributed by atoms with Crippen molar-refractivity contribution in [1.82, 2.24) is 9.62 Å². The fraction of sp³-hybridized carbons (Fsp3) is 0.667. The number of nitrogens with zero attached hydrogens (tertiary/aromatic N) is 1. The molecule has 1 atom stereocenters. The van der Waals surface area contributed by atoms with Crippen LogP contribution in [-0.2, 0) is 40.4 Å². The summed E-state index contributed by atoms with van der Waals surface area (Å²) >= 11 is 0. The molecule has 1 heterocycles. The Morgan fingerprint density at radius 2 is 1.72 bits per heavy atom. The third-order valence-electron chi connectivity index (χ3n) is 6.14. The molecular weight excluding hydrogens is 390 g/mol. The van der Waals surface area contributed by atoms with Gasteiger partial charge in [-0.3, -0.25) is 4.90 Å². The molecule has 0 spiro atoms. The predicted octanol–water partition coefficient (Wildman–Crippen LogP) is 2.08. The SMILES string of the molecule is CC(CN1CCOCC1)CS(=O)(=O)NC(=O)Nc1c2c(cc3c1CCC3)CCC2. The van der Waals surface area contributed by atoms with Crippen LogP contribution in [0.25, 0.3) is 0 Å². The fourth-order valence-electron chi connectivity index (χ4n) is 4.94. The Morgan fingerprint density at radius 3 is 2.34 bits per heavy atom. The number of amides is 2. The van der Waals surface area contributed by atoms with E-state index in [2.05, 4.69) is 21.0 Å². The molecule has 2 amide bonds. The van der Waals surface area contributed by atoms with Crippen molar-refractivity contribution in [3.05, 3.63) is 28.3 Å². The van der Waals surface area contributed by atoms with E-state index >= 15 is 0 Å². The summed E-state index contributed by atoms with van der Waals surface area (Å²) in [4.78, 5) is 14.8.